The molecule has 3 aromatic rings. The number of aryl methyl sites for hydroxylation is 2. The van der Waals surface area contributed by atoms with Crippen molar-refractivity contribution < 1.29 is 9.59 Å². The van der Waals surface area contributed by atoms with Gasteiger partial charge in [0.25, 0.3) is 5.91 Å². The topological polar surface area (TPSA) is 124 Å². The minimum Gasteiger partial charge on any atom is -0.370 e. The number of thiazole rings is 1. The third-order valence-electron chi connectivity index (χ3n) is 4.92. The van der Waals surface area contributed by atoms with E-state index < -0.39 is 0 Å². The summed E-state index contributed by atoms with van der Waals surface area (Å²) in [5.41, 5.74) is 9.94. The maximum absolute atomic E-state index is 12.1. The molecule has 1 heterocycles. The Balaban J connectivity index is 0.00000408. The number of hydrogen-bond donors (Lipinski definition) is 4. The first kappa shape index (κ1) is 26.8. The van der Waals surface area contributed by atoms with Crippen LogP contribution in [0.4, 0.5) is 10.8 Å². The molecule has 0 aliphatic rings. The zero-order valence-electron chi connectivity index (χ0n) is 19.3. The van der Waals surface area contributed by atoms with Crippen molar-refractivity contribution >= 4 is 52.3 Å². The van der Waals surface area contributed by atoms with E-state index in [1.54, 1.807) is 19.0 Å². The zero-order chi connectivity index (χ0) is 24.0. The Hall–Kier alpha value is -3.43. The Bertz CT molecular complexity index is 1140. The molecule has 1 aromatic heterocycles. The van der Waals surface area contributed by atoms with Crippen LogP contribution in [0.3, 0.4) is 0 Å². The van der Waals surface area contributed by atoms with E-state index in [4.69, 9.17) is 11.1 Å². The molecule has 8 nitrogen and oxygen atoms in total. The molecule has 0 saturated carbocycles. The first-order valence-electron chi connectivity index (χ1n) is 10.5. The van der Waals surface area contributed by atoms with Gasteiger partial charge in [-0.3, -0.25) is 15.0 Å². The summed E-state index contributed by atoms with van der Waals surface area (Å²) in [6.45, 7) is 1.47. The summed E-state index contributed by atoms with van der Waals surface area (Å²) in [4.78, 5) is 30.9. The Morgan fingerprint density at radius 3 is 2.18 bits per heavy atom. The summed E-state index contributed by atoms with van der Waals surface area (Å²) in [5.74, 6) is -0.279. The van der Waals surface area contributed by atoms with Crippen LogP contribution in [0.25, 0.3) is 0 Å². The summed E-state index contributed by atoms with van der Waals surface area (Å²) >= 11 is 1.48. The van der Waals surface area contributed by atoms with Gasteiger partial charge in [-0.1, -0.05) is 24.3 Å². The molecule has 0 atom stereocenters. The molecule has 0 bridgehead atoms. The maximum Gasteiger partial charge on any atom is 0.253 e. The minimum absolute atomic E-state index is 0. The van der Waals surface area contributed by atoms with Crippen molar-refractivity contribution in [2.24, 2.45) is 5.73 Å². The molecule has 0 saturated heterocycles. The largest absolute Gasteiger partial charge is 0.370 e. The van der Waals surface area contributed by atoms with E-state index in [0.717, 1.165) is 40.2 Å². The number of halogens is 1. The van der Waals surface area contributed by atoms with Crippen molar-refractivity contribution in [3.05, 3.63) is 75.8 Å². The summed E-state index contributed by atoms with van der Waals surface area (Å²) in [7, 11) is 3.47. The predicted molar refractivity (Wildman–Crippen MR) is 140 cm³/mol. The highest BCUT2D eigenvalue weighted by atomic mass is 35.5. The van der Waals surface area contributed by atoms with E-state index in [1.165, 1.54) is 18.3 Å². The quantitative estimate of drug-likeness (QED) is 0.276. The van der Waals surface area contributed by atoms with Gasteiger partial charge in [0.2, 0.25) is 5.91 Å². The zero-order valence-corrected chi connectivity index (χ0v) is 21.0. The smallest absolute Gasteiger partial charge is 0.253 e. The lowest BCUT2D eigenvalue weighted by Gasteiger charge is -2.10. The molecule has 0 spiro atoms. The van der Waals surface area contributed by atoms with Crippen LogP contribution >= 0.6 is 23.7 Å². The van der Waals surface area contributed by atoms with Gasteiger partial charge in [0, 0.05) is 43.6 Å². The Morgan fingerprint density at radius 2 is 1.62 bits per heavy atom. The molecule has 0 aliphatic heterocycles. The normalized spacial score (nSPS) is 10.2. The van der Waals surface area contributed by atoms with Crippen molar-refractivity contribution in [2.45, 2.75) is 26.2 Å². The van der Waals surface area contributed by atoms with Crippen LogP contribution in [-0.4, -0.2) is 41.8 Å². The van der Waals surface area contributed by atoms with E-state index in [2.05, 4.69) is 15.6 Å². The lowest BCUT2D eigenvalue weighted by molar-refractivity contribution is -0.114. The predicted octanol–water partition coefficient (Wildman–Crippen LogP) is 3.91. The molecule has 2 aromatic carbocycles. The Morgan fingerprint density at radius 1 is 1.00 bits per heavy atom. The monoisotopic (exact) mass is 500 g/mol. The number of hydrogen-bond acceptors (Lipinski definition) is 5. The fourth-order valence-electron chi connectivity index (χ4n) is 3.30. The first-order valence-corrected chi connectivity index (χ1v) is 11.3. The van der Waals surface area contributed by atoms with Crippen LogP contribution in [0, 0.1) is 5.41 Å². The standard InChI is InChI=1S/C24H28N6O2S.ClH/c1-15(31)27-24-29-20(13-8-16-6-11-19(12-7-16)28-23(25)26)21(33-24)14-17-4-9-18(10-5-17)22(32)30(2)3;/h4-7,9-12H,8,13-14H2,1-3H3,(H4,25,26,28)(H,27,29,31);1H. The van der Waals surface area contributed by atoms with Crippen molar-refractivity contribution in [1.29, 1.82) is 5.41 Å². The highest BCUT2D eigenvalue weighted by Crippen LogP contribution is 2.27. The second-order valence-electron chi connectivity index (χ2n) is 7.88. The number of carbonyl (C=O) groups excluding carboxylic acids is 2. The second kappa shape index (κ2) is 12.2. The van der Waals surface area contributed by atoms with E-state index in [1.807, 2.05) is 48.5 Å². The van der Waals surface area contributed by atoms with Crippen molar-refractivity contribution in [3.8, 4) is 0 Å². The first-order chi connectivity index (χ1) is 15.7. The van der Waals surface area contributed by atoms with Crippen LogP contribution in [0.2, 0.25) is 0 Å². The number of carbonyl (C=O) groups is 2. The number of benzene rings is 2. The highest BCUT2D eigenvalue weighted by molar-refractivity contribution is 7.15. The molecule has 180 valence electrons. The molecule has 10 heteroatoms. The molecular formula is C24H29ClN6O2S. The SMILES string of the molecule is CC(=O)Nc1nc(CCc2ccc(NC(=N)N)cc2)c(Cc2ccc(C(=O)N(C)C)cc2)s1.Cl. The molecule has 34 heavy (non-hydrogen) atoms. The van der Waals surface area contributed by atoms with Gasteiger partial charge in [-0.05, 0) is 48.2 Å². The minimum atomic E-state index is -0.151. The molecule has 0 unspecified atom stereocenters. The van der Waals surface area contributed by atoms with E-state index in [0.29, 0.717) is 17.1 Å². The number of guanidine groups is 1. The van der Waals surface area contributed by atoms with Crippen LogP contribution in [0.5, 0.6) is 0 Å². The van der Waals surface area contributed by atoms with Gasteiger partial charge in [-0.2, -0.15) is 0 Å². The average molecular weight is 501 g/mol. The third-order valence-corrected chi connectivity index (χ3v) is 5.93. The lowest BCUT2D eigenvalue weighted by atomic mass is 10.0. The summed E-state index contributed by atoms with van der Waals surface area (Å²) in [6, 6.07) is 15.3. The summed E-state index contributed by atoms with van der Waals surface area (Å²) in [6.07, 6.45) is 2.18. The van der Waals surface area contributed by atoms with Crippen LogP contribution in [0.15, 0.2) is 48.5 Å². The molecule has 0 fully saturated rings. The van der Waals surface area contributed by atoms with Crippen molar-refractivity contribution in [2.75, 3.05) is 24.7 Å². The molecule has 0 radical (unpaired) electrons. The number of rotatable bonds is 8. The molecule has 0 aliphatic carbocycles. The number of nitrogens with two attached hydrogens (primary N) is 1. The van der Waals surface area contributed by atoms with Gasteiger partial charge in [0.05, 0.1) is 5.69 Å². The number of amides is 2. The van der Waals surface area contributed by atoms with Gasteiger partial charge in [0.15, 0.2) is 11.1 Å². The van der Waals surface area contributed by atoms with Gasteiger partial charge in [-0.15, -0.1) is 23.7 Å². The fourth-order valence-corrected chi connectivity index (χ4v) is 4.39. The van der Waals surface area contributed by atoms with Gasteiger partial charge < -0.3 is 21.3 Å². The summed E-state index contributed by atoms with van der Waals surface area (Å²) in [5, 5.41) is 13.5. The van der Waals surface area contributed by atoms with E-state index >= 15 is 0 Å². The highest BCUT2D eigenvalue weighted by Gasteiger charge is 2.14. The second-order valence-corrected chi connectivity index (χ2v) is 8.96. The Labute approximate surface area is 209 Å². The van der Waals surface area contributed by atoms with Gasteiger partial charge in [0.1, 0.15) is 0 Å². The van der Waals surface area contributed by atoms with Gasteiger partial charge in [-0.25, -0.2) is 4.98 Å². The molecule has 5 N–H and O–H groups in total. The van der Waals surface area contributed by atoms with E-state index in [9.17, 15) is 9.59 Å². The average Bonchev–Trinajstić information content (AvgIpc) is 3.13. The molecule has 3 rings (SSSR count). The third kappa shape index (κ3) is 7.57. The fraction of sp³-hybridized carbons (Fsp3) is 0.250. The molecular weight excluding hydrogens is 472 g/mol. The maximum atomic E-state index is 12.1. The van der Waals surface area contributed by atoms with Crippen LogP contribution in [0.1, 0.15) is 39.0 Å². The number of nitrogens with zero attached hydrogens (tertiary/aromatic N) is 2. The number of anilines is 2. The van der Waals surface area contributed by atoms with Crippen LogP contribution in [-0.2, 0) is 24.1 Å². The lowest BCUT2D eigenvalue weighted by Crippen LogP contribution is -2.21. The number of aromatic nitrogens is 1. The number of nitrogens with one attached hydrogen (secondary N) is 3. The van der Waals surface area contributed by atoms with E-state index in [-0.39, 0.29) is 30.2 Å². The molecule has 2 amide bonds. The Kier molecular flexibility index (Phi) is 9.58. The van der Waals surface area contributed by atoms with Crippen LogP contribution < -0.4 is 16.4 Å². The summed E-state index contributed by atoms with van der Waals surface area (Å²) < 4.78 is 0. The van der Waals surface area contributed by atoms with Crippen molar-refractivity contribution in [3.63, 3.8) is 0 Å². The van der Waals surface area contributed by atoms with Crippen molar-refractivity contribution in [1.82, 2.24) is 9.88 Å². The van der Waals surface area contributed by atoms with Gasteiger partial charge >= 0.3 is 0 Å².